The second-order valence-electron chi connectivity index (χ2n) is 5.72. The standard InChI is InChI=1S/C16H21NO6S/c1-22-14-5-3-2-4-13(14)9-17-15(18)10-23-16(19)8-12-6-7-24(20,21)11-12/h2-5,12H,6-11H2,1H3,(H,17,18)/t12-/m0/s1. The van der Waals surface area contributed by atoms with Crippen molar-refractivity contribution in [1.82, 2.24) is 5.32 Å². The molecule has 1 saturated heterocycles. The van der Waals surface area contributed by atoms with Gasteiger partial charge in [0.05, 0.1) is 18.6 Å². The Bertz CT molecular complexity index is 700. The smallest absolute Gasteiger partial charge is 0.306 e. The van der Waals surface area contributed by atoms with Gasteiger partial charge in [-0.2, -0.15) is 0 Å². The van der Waals surface area contributed by atoms with Crippen LogP contribution in [0.2, 0.25) is 0 Å². The molecule has 132 valence electrons. The number of hydrogen-bond donors (Lipinski definition) is 1. The second-order valence-corrected chi connectivity index (χ2v) is 7.95. The van der Waals surface area contributed by atoms with E-state index in [0.717, 1.165) is 5.56 Å². The van der Waals surface area contributed by atoms with Gasteiger partial charge in [-0.25, -0.2) is 8.42 Å². The lowest BCUT2D eigenvalue weighted by Crippen LogP contribution is -2.29. The van der Waals surface area contributed by atoms with Crippen LogP contribution < -0.4 is 10.1 Å². The predicted octanol–water partition coefficient (Wildman–Crippen LogP) is 0.679. The molecule has 1 aliphatic heterocycles. The fourth-order valence-corrected chi connectivity index (χ4v) is 4.43. The minimum absolute atomic E-state index is 0.0160. The molecule has 1 N–H and O–H groups in total. The normalized spacial score (nSPS) is 18.8. The highest BCUT2D eigenvalue weighted by molar-refractivity contribution is 7.91. The van der Waals surface area contributed by atoms with E-state index in [1.165, 1.54) is 0 Å². The van der Waals surface area contributed by atoms with Crippen molar-refractivity contribution in [3.63, 3.8) is 0 Å². The third kappa shape index (κ3) is 5.52. The summed E-state index contributed by atoms with van der Waals surface area (Å²) in [5, 5.41) is 2.64. The molecule has 1 heterocycles. The largest absolute Gasteiger partial charge is 0.496 e. The molecule has 1 atom stereocenters. The first kappa shape index (κ1) is 18.3. The van der Waals surface area contributed by atoms with Crippen LogP contribution in [-0.4, -0.2) is 45.5 Å². The zero-order valence-electron chi connectivity index (χ0n) is 13.5. The van der Waals surface area contributed by atoms with E-state index in [9.17, 15) is 18.0 Å². The van der Waals surface area contributed by atoms with Crippen molar-refractivity contribution in [2.24, 2.45) is 5.92 Å². The Hall–Kier alpha value is -2.09. The summed E-state index contributed by atoms with van der Waals surface area (Å²) in [6.45, 7) is -0.116. The van der Waals surface area contributed by atoms with Gasteiger partial charge < -0.3 is 14.8 Å². The molecule has 0 aromatic heterocycles. The number of ether oxygens (including phenoxy) is 2. The quantitative estimate of drug-likeness (QED) is 0.722. The van der Waals surface area contributed by atoms with Gasteiger partial charge in [0.1, 0.15) is 5.75 Å². The van der Waals surface area contributed by atoms with Crippen molar-refractivity contribution in [3.05, 3.63) is 29.8 Å². The molecule has 24 heavy (non-hydrogen) atoms. The lowest BCUT2D eigenvalue weighted by molar-refractivity contribution is -0.149. The minimum atomic E-state index is -3.02. The Morgan fingerprint density at radius 3 is 2.71 bits per heavy atom. The highest BCUT2D eigenvalue weighted by atomic mass is 32.2. The first-order valence-corrected chi connectivity index (χ1v) is 9.46. The van der Waals surface area contributed by atoms with Crippen molar-refractivity contribution >= 4 is 21.7 Å². The van der Waals surface area contributed by atoms with Gasteiger partial charge in [-0.15, -0.1) is 0 Å². The summed E-state index contributed by atoms with van der Waals surface area (Å²) in [5.41, 5.74) is 0.816. The number of para-hydroxylation sites is 1. The predicted molar refractivity (Wildman–Crippen MR) is 87.2 cm³/mol. The summed E-state index contributed by atoms with van der Waals surface area (Å²) in [4.78, 5) is 23.4. The summed E-state index contributed by atoms with van der Waals surface area (Å²) in [5.74, 6) is -0.388. The van der Waals surface area contributed by atoms with Crippen LogP contribution in [-0.2, 0) is 30.7 Å². The minimum Gasteiger partial charge on any atom is -0.496 e. The number of hydrogen-bond acceptors (Lipinski definition) is 6. The molecule has 2 rings (SSSR count). The Balaban J connectivity index is 1.70. The van der Waals surface area contributed by atoms with Crippen molar-refractivity contribution in [3.8, 4) is 5.75 Å². The molecular formula is C16H21NO6S. The molecule has 7 nitrogen and oxygen atoms in total. The van der Waals surface area contributed by atoms with Crippen LogP contribution >= 0.6 is 0 Å². The van der Waals surface area contributed by atoms with Gasteiger partial charge in [0, 0.05) is 18.5 Å². The summed E-state index contributed by atoms with van der Waals surface area (Å²) in [6.07, 6.45) is 0.496. The molecule has 1 amide bonds. The van der Waals surface area contributed by atoms with E-state index in [-0.39, 0.29) is 37.0 Å². The van der Waals surface area contributed by atoms with E-state index in [0.29, 0.717) is 12.2 Å². The number of benzene rings is 1. The molecule has 0 aliphatic carbocycles. The van der Waals surface area contributed by atoms with Crippen LogP contribution in [0.25, 0.3) is 0 Å². The van der Waals surface area contributed by atoms with Crippen molar-refractivity contribution in [1.29, 1.82) is 0 Å². The maximum atomic E-state index is 11.7. The van der Waals surface area contributed by atoms with Crippen LogP contribution in [0, 0.1) is 5.92 Å². The lowest BCUT2D eigenvalue weighted by atomic mass is 10.1. The summed E-state index contributed by atoms with van der Waals surface area (Å²) < 4.78 is 32.8. The molecule has 0 bridgehead atoms. The third-order valence-electron chi connectivity index (χ3n) is 3.81. The van der Waals surface area contributed by atoms with Gasteiger partial charge in [0.15, 0.2) is 16.4 Å². The van der Waals surface area contributed by atoms with Gasteiger partial charge in [0.2, 0.25) is 0 Å². The van der Waals surface area contributed by atoms with Crippen LogP contribution in [0.4, 0.5) is 0 Å². The number of carbonyl (C=O) groups excluding carboxylic acids is 2. The van der Waals surface area contributed by atoms with E-state index >= 15 is 0 Å². The van der Waals surface area contributed by atoms with Crippen molar-refractivity contribution in [2.45, 2.75) is 19.4 Å². The van der Waals surface area contributed by atoms with Crippen LogP contribution in [0.3, 0.4) is 0 Å². The number of carbonyl (C=O) groups is 2. The molecular weight excluding hydrogens is 334 g/mol. The lowest BCUT2D eigenvalue weighted by Gasteiger charge is -2.10. The average Bonchev–Trinajstić information content (AvgIpc) is 2.89. The Morgan fingerprint density at radius 2 is 2.04 bits per heavy atom. The molecule has 1 aliphatic rings. The highest BCUT2D eigenvalue weighted by Crippen LogP contribution is 2.21. The second kappa shape index (κ2) is 8.14. The first-order valence-electron chi connectivity index (χ1n) is 7.64. The zero-order chi connectivity index (χ0) is 17.6. The third-order valence-corrected chi connectivity index (χ3v) is 5.65. The molecule has 1 aromatic rings. The number of rotatable bonds is 7. The number of nitrogens with one attached hydrogen (secondary N) is 1. The molecule has 0 spiro atoms. The molecule has 8 heteroatoms. The Labute approximate surface area is 141 Å². The van der Waals surface area contributed by atoms with E-state index in [2.05, 4.69) is 5.32 Å². The van der Waals surface area contributed by atoms with E-state index < -0.39 is 21.7 Å². The monoisotopic (exact) mass is 355 g/mol. The number of sulfone groups is 1. The summed E-state index contributed by atoms with van der Waals surface area (Å²) >= 11 is 0. The average molecular weight is 355 g/mol. The van der Waals surface area contributed by atoms with E-state index in [1.54, 1.807) is 13.2 Å². The SMILES string of the molecule is COc1ccccc1CNC(=O)COC(=O)C[C@@H]1CCS(=O)(=O)C1. The fourth-order valence-electron chi connectivity index (χ4n) is 2.57. The van der Waals surface area contributed by atoms with Crippen molar-refractivity contribution < 1.29 is 27.5 Å². The maximum Gasteiger partial charge on any atom is 0.306 e. The molecule has 1 aromatic carbocycles. The van der Waals surface area contributed by atoms with Gasteiger partial charge in [-0.3, -0.25) is 9.59 Å². The van der Waals surface area contributed by atoms with Crippen LogP contribution in [0.1, 0.15) is 18.4 Å². The Morgan fingerprint density at radius 1 is 1.29 bits per heavy atom. The molecule has 0 radical (unpaired) electrons. The molecule has 0 unspecified atom stereocenters. The topological polar surface area (TPSA) is 98.8 Å². The van der Waals surface area contributed by atoms with Crippen LogP contribution in [0.15, 0.2) is 24.3 Å². The Kier molecular flexibility index (Phi) is 6.19. The van der Waals surface area contributed by atoms with Crippen molar-refractivity contribution in [2.75, 3.05) is 25.2 Å². The highest BCUT2D eigenvalue weighted by Gasteiger charge is 2.29. The van der Waals surface area contributed by atoms with Gasteiger partial charge >= 0.3 is 5.97 Å². The number of methoxy groups -OCH3 is 1. The fraction of sp³-hybridized carbons (Fsp3) is 0.500. The zero-order valence-corrected chi connectivity index (χ0v) is 14.3. The van der Waals surface area contributed by atoms with E-state index in [4.69, 9.17) is 9.47 Å². The first-order chi connectivity index (χ1) is 11.4. The molecule has 0 saturated carbocycles. The van der Waals surface area contributed by atoms with Gasteiger partial charge in [-0.05, 0) is 18.4 Å². The number of amides is 1. The maximum absolute atomic E-state index is 11.7. The number of esters is 1. The van der Waals surface area contributed by atoms with Gasteiger partial charge in [0.25, 0.3) is 5.91 Å². The van der Waals surface area contributed by atoms with Crippen LogP contribution in [0.5, 0.6) is 5.75 Å². The summed E-state index contributed by atoms with van der Waals surface area (Å²) in [7, 11) is -1.47. The summed E-state index contributed by atoms with van der Waals surface area (Å²) in [6, 6.07) is 7.28. The van der Waals surface area contributed by atoms with E-state index in [1.807, 2.05) is 18.2 Å². The molecule has 1 fully saturated rings. The van der Waals surface area contributed by atoms with Gasteiger partial charge in [-0.1, -0.05) is 18.2 Å².